The molecule has 9 nitrogen and oxygen atoms in total. The molecule has 3 saturated heterocycles. The molecule has 9 heteroatoms. The molecule has 5 rings (SSSR count). The largest absolute Gasteiger partial charge is 0.454 e. The molecular weight excluding hydrogens is 368 g/mol. The van der Waals surface area contributed by atoms with Crippen molar-refractivity contribution in [3.63, 3.8) is 0 Å². The first kappa shape index (κ1) is 17.3. The van der Waals surface area contributed by atoms with Gasteiger partial charge in [0.2, 0.25) is 18.6 Å². The minimum Gasteiger partial charge on any atom is -0.454 e. The maximum atomic E-state index is 12.5. The third-order valence-electron chi connectivity index (χ3n) is 5.80. The molecule has 1 aromatic rings. The molecule has 3 amide bonds. The van der Waals surface area contributed by atoms with Gasteiger partial charge in [-0.1, -0.05) is 6.07 Å². The number of hydrogen-bond acceptors (Lipinski definition) is 7. The van der Waals surface area contributed by atoms with Gasteiger partial charge in [0, 0.05) is 6.54 Å². The molecule has 4 aliphatic heterocycles. The van der Waals surface area contributed by atoms with Gasteiger partial charge in [-0.15, -0.1) is 0 Å². The van der Waals surface area contributed by atoms with Crippen LogP contribution in [0.3, 0.4) is 0 Å². The first-order valence-electron chi connectivity index (χ1n) is 9.41. The zero-order valence-electron chi connectivity index (χ0n) is 15.1. The van der Waals surface area contributed by atoms with Crippen LogP contribution in [0.25, 0.3) is 0 Å². The number of likely N-dealkylation sites (tertiary alicyclic amines) is 1. The van der Waals surface area contributed by atoms with E-state index in [-0.39, 0.29) is 62.3 Å². The van der Waals surface area contributed by atoms with E-state index in [0.29, 0.717) is 11.5 Å². The zero-order valence-corrected chi connectivity index (χ0v) is 15.1. The number of ether oxygens (including phenoxy) is 4. The second-order valence-corrected chi connectivity index (χ2v) is 7.35. The summed E-state index contributed by atoms with van der Waals surface area (Å²) in [6.07, 6.45) is 0.777. The highest BCUT2D eigenvalue weighted by Crippen LogP contribution is 2.48. The van der Waals surface area contributed by atoms with Gasteiger partial charge in [-0.2, -0.15) is 0 Å². The maximum Gasteiger partial charge on any atom is 0.407 e. The van der Waals surface area contributed by atoms with Crippen molar-refractivity contribution in [2.75, 3.05) is 19.9 Å². The van der Waals surface area contributed by atoms with Crippen molar-refractivity contribution in [2.45, 2.75) is 31.6 Å². The molecule has 0 spiro atoms. The molecule has 0 aliphatic carbocycles. The number of carbonyl (C=O) groups excluding carboxylic acids is 3. The van der Waals surface area contributed by atoms with E-state index in [9.17, 15) is 14.4 Å². The first-order valence-corrected chi connectivity index (χ1v) is 9.41. The summed E-state index contributed by atoms with van der Waals surface area (Å²) in [6.45, 7) is 0.487. The Morgan fingerprint density at radius 1 is 1.11 bits per heavy atom. The van der Waals surface area contributed by atoms with Crippen LogP contribution in [0.1, 0.15) is 18.4 Å². The summed E-state index contributed by atoms with van der Waals surface area (Å²) in [5.41, 5.74) is 0.842. The van der Waals surface area contributed by atoms with Crippen LogP contribution in [0.2, 0.25) is 0 Å². The van der Waals surface area contributed by atoms with Crippen LogP contribution in [0, 0.1) is 11.8 Å². The number of amides is 3. The maximum absolute atomic E-state index is 12.5. The van der Waals surface area contributed by atoms with Crippen LogP contribution in [0.5, 0.6) is 11.5 Å². The summed E-state index contributed by atoms with van der Waals surface area (Å²) < 4.78 is 21.4. The smallest absolute Gasteiger partial charge is 0.407 e. The first-order chi connectivity index (χ1) is 13.6. The SMILES string of the molecule is O=C(NCc1ccc2c(c1)OCO2)OCCN1C(=O)C2C3CCC(O3)C2C1=O. The number of nitrogens with one attached hydrogen (secondary N) is 1. The molecule has 0 radical (unpaired) electrons. The highest BCUT2D eigenvalue weighted by Gasteiger charge is 2.62. The van der Waals surface area contributed by atoms with Gasteiger partial charge in [0.05, 0.1) is 30.6 Å². The fraction of sp³-hybridized carbons (Fsp3) is 0.526. The Kier molecular flexibility index (Phi) is 4.12. The number of imide groups is 1. The normalized spacial score (nSPS) is 29.4. The Hall–Kier alpha value is -2.81. The topological polar surface area (TPSA) is 103 Å². The number of hydrogen-bond donors (Lipinski definition) is 1. The lowest BCUT2D eigenvalue weighted by molar-refractivity contribution is -0.143. The summed E-state index contributed by atoms with van der Waals surface area (Å²) in [5, 5.41) is 2.64. The van der Waals surface area contributed by atoms with Crippen LogP contribution >= 0.6 is 0 Å². The van der Waals surface area contributed by atoms with Crippen LogP contribution in [-0.4, -0.2) is 55.0 Å². The van der Waals surface area contributed by atoms with Crippen molar-refractivity contribution in [1.29, 1.82) is 0 Å². The second kappa shape index (κ2) is 6.66. The molecular formula is C19H20N2O7. The number of carbonyl (C=O) groups is 3. The van der Waals surface area contributed by atoms with E-state index in [1.807, 2.05) is 6.07 Å². The molecule has 28 heavy (non-hydrogen) atoms. The van der Waals surface area contributed by atoms with Crippen molar-refractivity contribution in [3.8, 4) is 11.5 Å². The van der Waals surface area contributed by atoms with E-state index < -0.39 is 6.09 Å². The fourth-order valence-electron chi connectivity index (χ4n) is 4.50. The van der Waals surface area contributed by atoms with Crippen LogP contribution < -0.4 is 14.8 Å². The van der Waals surface area contributed by atoms with Crippen molar-refractivity contribution in [1.82, 2.24) is 10.2 Å². The lowest BCUT2D eigenvalue weighted by atomic mass is 9.81. The lowest BCUT2D eigenvalue weighted by Gasteiger charge is -2.17. The molecule has 1 aromatic carbocycles. The highest BCUT2D eigenvalue weighted by atomic mass is 16.7. The minimum absolute atomic E-state index is 0.0416. The van der Waals surface area contributed by atoms with Crippen LogP contribution in [0.4, 0.5) is 4.79 Å². The fourth-order valence-corrected chi connectivity index (χ4v) is 4.50. The summed E-state index contributed by atoms with van der Waals surface area (Å²) in [4.78, 5) is 38.1. The van der Waals surface area contributed by atoms with Crippen molar-refractivity contribution in [3.05, 3.63) is 23.8 Å². The second-order valence-electron chi connectivity index (χ2n) is 7.35. The average Bonchev–Trinajstić information content (AvgIpc) is 3.46. The monoisotopic (exact) mass is 388 g/mol. The minimum atomic E-state index is -0.611. The average molecular weight is 388 g/mol. The number of rotatable bonds is 5. The van der Waals surface area contributed by atoms with E-state index >= 15 is 0 Å². The number of benzene rings is 1. The van der Waals surface area contributed by atoms with Crippen LogP contribution in [-0.2, 0) is 25.6 Å². The highest BCUT2D eigenvalue weighted by molar-refractivity contribution is 6.06. The standard InChI is InChI=1S/C19H20N2O7/c22-17-15-12-3-4-13(28-12)16(15)18(23)21(17)5-6-25-19(24)20-8-10-1-2-11-14(7-10)27-9-26-11/h1-2,7,12-13,15-16H,3-6,8-9H2,(H,20,24). The van der Waals surface area contributed by atoms with Gasteiger partial charge in [0.15, 0.2) is 11.5 Å². The predicted molar refractivity (Wildman–Crippen MR) is 92.3 cm³/mol. The number of nitrogens with zero attached hydrogens (tertiary/aromatic N) is 1. The molecule has 148 valence electrons. The third-order valence-corrected chi connectivity index (χ3v) is 5.80. The van der Waals surface area contributed by atoms with E-state index in [0.717, 1.165) is 18.4 Å². The van der Waals surface area contributed by atoms with Gasteiger partial charge in [0.1, 0.15) is 6.61 Å². The molecule has 4 unspecified atom stereocenters. The zero-order chi connectivity index (χ0) is 19.3. The molecule has 4 atom stereocenters. The summed E-state index contributed by atoms with van der Waals surface area (Å²) >= 11 is 0. The molecule has 3 fully saturated rings. The Labute approximate surface area is 160 Å². The third kappa shape index (κ3) is 2.77. The summed E-state index contributed by atoms with van der Waals surface area (Å²) in [6, 6.07) is 5.40. The van der Waals surface area contributed by atoms with Gasteiger partial charge in [-0.25, -0.2) is 4.79 Å². The molecule has 4 aliphatic rings. The molecule has 0 aromatic heterocycles. The number of fused-ring (bicyclic) bond motifs is 6. The van der Waals surface area contributed by atoms with E-state index in [2.05, 4.69) is 5.32 Å². The van der Waals surface area contributed by atoms with E-state index in [1.165, 1.54) is 4.90 Å². The number of alkyl carbamates (subject to hydrolysis) is 1. The van der Waals surface area contributed by atoms with Gasteiger partial charge in [-0.3, -0.25) is 14.5 Å². The molecule has 2 bridgehead atoms. The predicted octanol–water partition coefficient (Wildman–Crippen LogP) is 0.804. The summed E-state index contributed by atoms with van der Waals surface area (Å²) in [7, 11) is 0. The lowest BCUT2D eigenvalue weighted by Crippen LogP contribution is -2.37. The van der Waals surface area contributed by atoms with Crippen molar-refractivity contribution in [2.24, 2.45) is 11.8 Å². The Morgan fingerprint density at radius 2 is 1.82 bits per heavy atom. The Morgan fingerprint density at radius 3 is 2.57 bits per heavy atom. The Bertz CT molecular complexity index is 814. The van der Waals surface area contributed by atoms with Gasteiger partial charge in [0.25, 0.3) is 0 Å². The quantitative estimate of drug-likeness (QED) is 0.745. The van der Waals surface area contributed by atoms with Gasteiger partial charge < -0.3 is 24.3 Å². The van der Waals surface area contributed by atoms with Crippen molar-refractivity contribution >= 4 is 17.9 Å². The molecule has 0 saturated carbocycles. The van der Waals surface area contributed by atoms with Crippen molar-refractivity contribution < 1.29 is 33.3 Å². The molecule has 4 heterocycles. The van der Waals surface area contributed by atoms with E-state index in [1.54, 1.807) is 12.1 Å². The van der Waals surface area contributed by atoms with Crippen LogP contribution in [0.15, 0.2) is 18.2 Å². The Balaban J connectivity index is 1.09. The molecule has 1 N–H and O–H groups in total. The van der Waals surface area contributed by atoms with E-state index in [4.69, 9.17) is 18.9 Å². The van der Waals surface area contributed by atoms with Gasteiger partial charge >= 0.3 is 6.09 Å². The summed E-state index contributed by atoms with van der Waals surface area (Å²) in [5.74, 6) is 0.201. The van der Waals surface area contributed by atoms with Gasteiger partial charge in [-0.05, 0) is 30.5 Å².